The summed E-state index contributed by atoms with van der Waals surface area (Å²) in [6.07, 6.45) is 12.8. The van der Waals surface area contributed by atoms with Crippen molar-refractivity contribution in [1.82, 2.24) is 29.7 Å². The average molecular weight is 741 g/mol. The largest absolute Gasteiger partial charge is 0.377 e. The molecule has 0 saturated heterocycles. The minimum Gasteiger partial charge on any atom is -0.377 e. The van der Waals surface area contributed by atoms with E-state index in [4.69, 9.17) is 0 Å². The molecule has 6 aromatic rings. The number of hydrogen-bond acceptors (Lipinski definition) is 6. The second-order valence-electron chi connectivity index (χ2n) is 14.1. The summed E-state index contributed by atoms with van der Waals surface area (Å²) in [7, 11) is 4.07. The molecule has 4 aromatic heterocycles. The number of nitrogens with zero attached hydrogens (tertiary/aromatic N) is 4. The molecule has 3 aliphatic heterocycles. The van der Waals surface area contributed by atoms with E-state index in [1.807, 2.05) is 62.6 Å². The Hall–Kier alpha value is -7.60. The van der Waals surface area contributed by atoms with Crippen molar-refractivity contribution in [1.29, 1.82) is 0 Å². The minimum absolute atomic E-state index is 0.0297. The standard InChI is InChI=1S/C44H36N8O4/c1-49-21-17-27(18-22-49)41-33-9-10-34(45-33)42(28-19-23-50(2)24-20-28)36-12-14-38(47-36)44(30-6-4-8-32(26-30)52(55)56)40-16-15-39(48-40)43(37-13-11-35(41)46-37)29-5-3-7-31(25-29)51(53)54/h3-21,23,25-26,45-48H,22,24H2,1-2H3. The second-order valence-corrected chi connectivity index (χ2v) is 14.1. The van der Waals surface area contributed by atoms with E-state index < -0.39 is 9.85 Å². The van der Waals surface area contributed by atoms with E-state index in [-0.39, 0.29) is 11.4 Å². The van der Waals surface area contributed by atoms with Crippen molar-refractivity contribution in [2.24, 2.45) is 0 Å². The van der Waals surface area contributed by atoms with Crippen LogP contribution in [0.25, 0.3) is 22.3 Å². The number of hydrogen-bond donors (Lipinski definition) is 4. The van der Waals surface area contributed by atoms with Crippen LogP contribution in [0.1, 0.15) is 33.9 Å². The number of non-ortho nitro benzene ring substituents is 2. The van der Waals surface area contributed by atoms with E-state index in [9.17, 15) is 20.2 Å². The van der Waals surface area contributed by atoms with Crippen molar-refractivity contribution in [3.63, 3.8) is 0 Å². The maximum absolute atomic E-state index is 12.0. The Morgan fingerprint density at radius 3 is 1.23 bits per heavy atom. The predicted octanol–water partition coefficient (Wildman–Crippen LogP) is 4.79. The molecule has 276 valence electrons. The zero-order valence-corrected chi connectivity index (χ0v) is 30.5. The molecule has 0 amide bonds. The van der Waals surface area contributed by atoms with E-state index in [1.54, 1.807) is 24.3 Å². The molecule has 0 atom stereocenters. The summed E-state index contributed by atoms with van der Waals surface area (Å²) >= 11 is 0. The van der Waals surface area contributed by atoms with E-state index >= 15 is 0 Å². The maximum Gasteiger partial charge on any atom is 0.270 e. The Bertz CT molecular complexity index is 2790. The summed E-state index contributed by atoms with van der Waals surface area (Å²) in [5, 5.41) is 27.2. The maximum atomic E-state index is 12.0. The molecule has 3 aliphatic rings. The molecule has 0 saturated carbocycles. The van der Waals surface area contributed by atoms with Crippen LogP contribution in [0, 0.1) is 20.2 Å². The number of likely N-dealkylation sites (N-methyl/N-ethyl adjacent to an activating group) is 2. The van der Waals surface area contributed by atoms with Gasteiger partial charge in [0.05, 0.1) is 9.85 Å². The monoisotopic (exact) mass is 740 g/mol. The van der Waals surface area contributed by atoms with Gasteiger partial charge in [-0.25, -0.2) is 0 Å². The molecule has 9 rings (SSSR count). The Balaban J connectivity index is 1.41. The van der Waals surface area contributed by atoms with Gasteiger partial charge in [-0.1, -0.05) is 36.4 Å². The van der Waals surface area contributed by atoms with Gasteiger partial charge in [-0.05, 0) is 95.4 Å². The van der Waals surface area contributed by atoms with Crippen molar-refractivity contribution in [3.05, 3.63) is 220 Å². The van der Waals surface area contributed by atoms with Gasteiger partial charge in [0, 0.05) is 118 Å². The lowest BCUT2D eigenvalue weighted by Crippen LogP contribution is -2.21. The van der Waals surface area contributed by atoms with Gasteiger partial charge in [-0.2, -0.15) is 0 Å². The predicted molar refractivity (Wildman–Crippen MR) is 216 cm³/mol. The number of benzene rings is 2. The van der Waals surface area contributed by atoms with E-state index in [1.165, 1.54) is 12.1 Å². The number of H-pyrrole nitrogens is 4. The van der Waals surface area contributed by atoms with Crippen LogP contribution in [0.2, 0.25) is 0 Å². The van der Waals surface area contributed by atoms with Gasteiger partial charge in [0.2, 0.25) is 0 Å². The van der Waals surface area contributed by atoms with Gasteiger partial charge in [-0.15, -0.1) is 0 Å². The molecule has 8 bridgehead atoms. The third-order valence-corrected chi connectivity index (χ3v) is 10.4. The molecule has 0 radical (unpaired) electrons. The Morgan fingerprint density at radius 1 is 0.500 bits per heavy atom. The van der Waals surface area contributed by atoms with Gasteiger partial charge >= 0.3 is 0 Å². The van der Waals surface area contributed by atoms with E-state index in [0.29, 0.717) is 22.5 Å². The summed E-state index contributed by atoms with van der Waals surface area (Å²) in [5.74, 6) is 0. The van der Waals surface area contributed by atoms with E-state index in [2.05, 4.69) is 78.6 Å². The molecule has 4 N–H and O–H groups in total. The average Bonchev–Trinajstić information content (AvgIpc) is 4.04. The zero-order valence-electron chi connectivity index (χ0n) is 30.5. The van der Waals surface area contributed by atoms with E-state index in [0.717, 1.165) is 79.3 Å². The van der Waals surface area contributed by atoms with Gasteiger partial charge in [0.1, 0.15) is 0 Å². The molecular formula is C44H36N8O4. The minimum atomic E-state index is -0.396. The molecule has 12 heteroatoms. The lowest BCUT2D eigenvalue weighted by Gasteiger charge is -2.19. The number of nitro groups is 2. The van der Waals surface area contributed by atoms with Crippen LogP contribution in [0.5, 0.6) is 0 Å². The SMILES string of the molecule is CN1C=CC(C2=c3ccc([nH]3)=C(c3cccc([N+](=O)[O-])c3)c3ccc([nH]3)C(c3cccc([N+](=O)[O-])c3)=c3ccc([nH]3)=C(C3=CCN(C)C=C3)c3ccc2[nH]3)=CC1. The van der Waals surface area contributed by atoms with Crippen LogP contribution in [-0.4, -0.2) is 66.8 Å². The summed E-state index contributed by atoms with van der Waals surface area (Å²) in [6, 6.07) is 29.4. The second kappa shape index (κ2) is 13.7. The van der Waals surface area contributed by atoms with Crippen molar-refractivity contribution < 1.29 is 9.85 Å². The normalized spacial score (nSPS) is 15.3. The highest BCUT2D eigenvalue weighted by molar-refractivity contribution is 5.86. The summed E-state index contributed by atoms with van der Waals surface area (Å²) < 4.78 is 0. The molecule has 56 heavy (non-hydrogen) atoms. The number of aromatic amines is 4. The molecule has 12 nitrogen and oxygen atoms in total. The fraction of sp³-hybridized carbons (Fsp3) is 0.0909. The molecule has 0 unspecified atom stereocenters. The summed E-state index contributed by atoms with van der Waals surface area (Å²) in [4.78, 5) is 42.2. The number of nitro benzene ring substituents is 2. The number of fused-ring (bicyclic) bond motifs is 8. The first-order valence-corrected chi connectivity index (χ1v) is 18.1. The van der Waals surface area contributed by atoms with Gasteiger partial charge in [0.15, 0.2) is 0 Å². The van der Waals surface area contributed by atoms with Crippen molar-refractivity contribution in [2.45, 2.75) is 0 Å². The molecule has 2 aromatic carbocycles. The van der Waals surface area contributed by atoms with Gasteiger partial charge in [-0.3, -0.25) is 20.2 Å². The summed E-state index contributed by atoms with van der Waals surface area (Å²) in [5.41, 5.74) is 9.93. The number of aromatic nitrogens is 4. The lowest BCUT2D eigenvalue weighted by molar-refractivity contribution is -0.385. The zero-order chi connectivity index (χ0) is 38.5. The van der Waals surface area contributed by atoms with Crippen molar-refractivity contribution in [2.75, 3.05) is 27.2 Å². The molecular weight excluding hydrogens is 705 g/mol. The summed E-state index contributed by atoms with van der Waals surface area (Å²) in [6.45, 7) is 1.48. The van der Waals surface area contributed by atoms with Crippen LogP contribution in [0.4, 0.5) is 11.4 Å². The van der Waals surface area contributed by atoms with Crippen molar-refractivity contribution >= 4 is 33.7 Å². The number of nitrogens with one attached hydrogen (secondary N) is 4. The fourth-order valence-corrected chi connectivity index (χ4v) is 7.65. The lowest BCUT2D eigenvalue weighted by atomic mass is 10.0. The van der Waals surface area contributed by atoms with Gasteiger partial charge < -0.3 is 29.7 Å². The topological polar surface area (TPSA) is 156 Å². The first-order chi connectivity index (χ1) is 27.2. The highest BCUT2D eigenvalue weighted by Crippen LogP contribution is 2.31. The highest BCUT2D eigenvalue weighted by atomic mass is 16.6. The number of rotatable bonds is 6. The molecule has 0 fully saturated rings. The Kier molecular flexibility index (Phi) is 8.35. The van der Waals surface area contributed by atoms with Crippen LogP contribution in [-0.2, 0) is 0 Å². The fourth-order valence-electron chi connectivity index (χ4n) is 7.65. The molecule has 0 aliphatic carbocycles. The van der Waals surface area contributed by atoms with Crippen LogP contribution >= 0.6 is 0 Å². The smallest absolute Gasteiger partial charge is 0.270 e. The number of allylic oxidation sites excluding steroid dienone is 4. The Labute approximate surface area is 320 Å². The van der Waals surface area contributed by atoms with Crippen molar-refractivity contribution in [3.8, 4) is 0 Å². The molecule has 0 spiro atoms. The van der Waals surface area contributed by atoms with Crippen LogP contribution in [0.15, 0.2) is 145 Å². The Morgan fingerprint density at radius 2 is 0.875 bits per heavy atom. The van der Waals surface area contributed by atoms with Crippen LogP contribution in [0.3, 0.4) is 0 Å². The highest BCUT2D eigenvalue weighted by Gasteiger charge is 2.21. The van der Waals surface area contributed by atoms with Gasteiger partial charge in [0.25, 0.3) is 11.4 Å². The third-order valence-electron chi connectivity index (χ3n) is 10.4. The van der Waals surface area contributed by atoms with Crippen LogP contribution < -0.4 is 21.4 Å². The first-order valence-electron chi connectivity index (χ1n) is 18.1. The first kappa shape index (κ1) is 34.2. The third kappa shape index (κ3) is 6.18. The molecule has 7 heterocycles. The quantitative estimate of drug-likeness (QED) is 0.142.